The topological polar surface area (TPSA) is 75.2 Å². The number of benzene rings is 1. The van der Waals surface area contributed by atoms with Crippen LogP contribution in [0.3, 0.4) is 0 Å². The molecule has 1 aromatic rings. The van der Waals surface area contributed by atoms with E-state index in [1.165, 1.54) is 11.1 Å². The maximum atomic E-state index is 12.4. The van der Waals surface area contributed by atoms with Gasteiger partial charge in [-0.2, -0.15) is 0 Å². The van der Waals surface area contributed by atoms with Crippen LogP contribution in [0.15, 0.2) is 29.3 Å². The number of fused-ring (bicyclic) bond motifs is 1. The molecular formula is C22H35IN4O3. The fourth-order valence-electron chi connectivity index (χ4n) is 3.71. The largest absolute Gasteiger partial charge is 0.379 e. The van der Waals surface area contributed by atoms with E-state index in [0.717, 1.165) is 71.0 Å². The molecule has 0 aliphatic carbocycles. The van der Waals surface area contributed by atoms with Crippen LogP contribution in [0.2, 0.25) is 0 Å². The van der Waals surface area contributed by atoms with Crippen LogP contribution in [0, 0.1) is 0 Å². The average Bonchev–Trinajstić information content (AvgIpc) is 3.41. The van der Waals surface area contributed by atoms with Gasteiger partial charge in [0.2, 0.25) is 5.91 Å². The van der Waals surface area contributed by atoms with Gasteiger partial charge in [-0.15, -0.1) is 24.0 Å². The number of carbonyl (C=O) groups is 1. The first kappa shape index (κ1) is 24.9. The summed E-state index contributed by atoms with van der Waals surface area (Å²) < 4.78 is 11.2. The number of guanidine groups is 1. The zero-order valence-electron chi connectivity index (χ0n) is 17.9. The van der Waals surface area contributed by atoms with Crippen LogP contribution >= 0.6 is 24.0 Å². The molecule has 3 rings (SSSR count). The zero-order valence-corrected chi connectivity index (χ0v) is 20.2. The SMILES string of the molecule is CN=C(NCCCOCC1CCCO1)NCCCC(=O)N1Cc2ccccc2C1.I. The summed E-state index contributed by atoms with van der Waals surface area (Å²) >= 11 is 0. The van der Waals surface area contributed by atoms with E-state index in [2.05, 4.69) is 27.8 Å². The summed E-state index contributed by atoms with van der Waals surface area (Å²) in [6, 6.07) is 8.28. The molecule has 8 heteroatoms. The molecule has 2 heterocycles. The Morgan fingerprint density at radius 2 is 1.90 bits per heavy atom. The van der Waals surface area contributed by atoms with E-state index in [-0.39, 0.29) is 36.0 Å². The predicted molar refractivity (Wildman–Crippen MR) is 129 cm³/mol. The van der Waals surface area contributed by atoms with Crippen molar-refractivity contribution in [2.75, 3.05) is 40.0 Å². The first-order chi connectivity index (χ1) is 14.3. The van der Waals surface area contributed by atoms with Crippen molar-refractivity contribution in [3.63, 3.8) is 0 Å². The number of carbonyl (C=O) groups excluding carboxylic acids is 1. The lowest BCUT2D eigenvalue weighted by Gasteiger charge is -2.16. The second-order valence-electron chi connectivity index (χ2n) is 7.61. The van der Waals surface area contributed by atoms with Crippen LogP contribution in [-0.4, -0.2) is 62.8 Å². The molecule has 168 valence electrons. The second kappa shape index (κ2) is 13.8. The number of nitrogens with one attached hydrogen (secondary N) is 2. The molecule has 1 aromatic carbocycles. The molecule has 2 aliphatic heterocycles. The van der Waals surface area contributed by atoms with Crippen molar-refractivity contribution in [1.29, 1.82) is 0 Å². The highest BCUT2D eigenvalue weighted by atomic mass is 127. The summed E-state index contributed by atoms with van der Waals surface area (Å²) in [6.45, 7) is 5.29. The average molecular weight is 530 g/mol. The second-order valence-corrected chi connectivity index (χ2v) is 7.61. The molecule has 2 N–H and O–H groups in total. The van der Waals surface area contributed by atoms with E-state index in [1.54, 1.807) is 7.05 Å². The van der Waals surface area contributed by atoms with E-state index >= 15 is 0 Å². The van der Waals surface area contributed by atoms with Gasteiger partial charge in [0, 0.05) is 52.9 Å². The Labute approximate surface area is 197 Å². The van der Waals surface area contributed by atoms with Gasteiger partial charge < -0.3 is 25.0 Å². The monoisotopic (exact) mass is 530 g/mol. The molecule has 1 atom stereocenters. The van der Waals surface area contributed by atoms with E-state index < -0.39 is 0 Å². The van der Waals surface area contributed by atoms with Gasteiger partial charge in [0.15, 0.2) is 5.96 Å². The lowest BCUT2D eigenvalue weighted by Crippen LogP contribution is -2.38. The molecular weight excluding hydrogens is 495 g/mol. The van der Waals surface area contributed by atoms with E-state index in [1.807, 2.05) is 17.0 Å². The number of hydrogen-bond donors (Lipinski definition) is 2. The maximum absolute atomic E-state index is 12.4. The smallest absolute Gasteiger partial charge is 0.223 e. The van der Waals surface area contributed by atoms with Crippen molar-refractivity contribution >= 4 is 35.8 Å². The molecule has 7 nitrogen and oxygen atoms in total. The number of nitrogens with zero attached hydrogens (tertiary/aromatic N) is 2. The van der Waals surface area contributed by atoms with Crippen LogP contribution in [0.25, 0.3) is 0 Å². The van der Waals surface area contributed by atoms with Crippen LogP contribution in [0.1, 0.15) is 43.2 Å². The van der Waals surface area contributed by atoms with Gasteiger partial charge in [0.25, 0.3) is 0 Å². The Hall–Kier alpha value is -1.39. The number of halogens is 1. The quantitative estimate of drug-likeness (QED) is 0.211. The lowest BCUT2D eigenvalue weighted by molar-refractivity contribution is -0.131. The van der Waals surface area contributed by atoms with Gasteiger partial charge >= 0.3 is 0 Å². The number of aliphatic imine (C=N–C) groups is 1. The van der Waals surface area contributed by atoms with E-state index in [9.17, 15) is 4.79 Å². The van der Waals surface area contributed by atoms with Crippen molar-refractivity contribution < 1.29 is 14.3 Å². The fraction of sp³-hybridized carbons (Fsp3) is 0.636. The van der Waals surface area contributed by atoms with E-state index in [0.29, 0.717) is 13.0 Å². The first-order valence-electron chi connectivity index (χ1n) is 10.7. The number of hydrogen-bond acceptors (Lipinski definition) is 4. The molecule has 2 aliphatic rings. The Morgan fingerprint density at radius 3 is 2.53 bits per heavy atom. The molecule has 0 spiro atoms. The molecule has 30 heavy (non-hydrogen) atoms. The Balaban J connectivity index is 0.00000320. The van der Waals surface area contributed by atoms with Gasteiger partial charge in [0.05, 0.1) is 12.7 Å². The van der Waals surface area contributed by atoms with Crippen molar-refractivity contribution in [1.82, 2.24) is 15.5 Å². The minimum Gasteiger partial charge on any atom is -0.379 e. The van der Waals surface area contributed by atoms with Gasteiger partial charge in [-0.1, -0.05) is 24.3 Å². The third-order valence-electron chi connectivity index (χ3n) is 5.36. The Bertz CT molecular complexity index is 655. The van der Waals surface area contributed by atoms with E-state index in [4.69, 9.17) is 9.47 Å². The summed E-state index contributed by atoms with van der Waals surface area (Å²) in [5.41, 5.74) is 2.53. The lowest BCUT2D eigenvalue weighted by atomic mass is 10.1. The van der Waals surface area contributed by atoms with Gasteiger partial charge in [-0.3, -0.25) is 9.79 Å². The van der Waals surface area contributed by atoms with Crippen molar-refractivity contribution in [3.8, 4) is 0 Å². The molecule has 0 bridgehead atoms. The maximum Gasteiger partial charge on any atom is 0.223 e. The molecule has 1 saturated heterocycles. The Kier molecular flexibility index (Phi) is 11.5. The molecule has 0 radical (unpaired) electrons. The number of ether oxygens (including phenoxy) is 2. The van der Waals surface area contributed by atoms with Gasteiger partial charge in [-0.05, 0) is 36.8 Å². The highest BCUT2D eigenvalue weighted by Crippen LogP contribution is 2.22. The van der Waals surface area contributed by atoms with Crippen LogP contribution in [0.5, 0.6) is 0 Å². The van der Waals surface area contributed by atoms with Gasteiger partial charge in [-0.25, -0.2) is 0 Å². The van der Waals surface area contributed by atoms with Crippen LogP contribution < -0.4 is 10.6 Å². The standard InChI is InChI=1S/C22H34N4O3.HI/c1-23-22(25-12-6-13-28-17-20-9-5-14-29-20)24-11-4-10-21(27)26-15-18-7-2-3-8-19(18)16-26;/h2-3,7-8,20H,4-6,9-17H2,1H3,(H2,23,24,25);1H. The highest BCUT2D eigenvalue weighted by Gasteiger charge is 2.22. The summed E-state index contributed by atoms with van der Waals surface area (Å²) in [6.07, 6.45) is 4.80. The third kappa shape index (κ3) is 8.03. The van der Waals surface area contributed by atoms with Crippen molar-refractivity contribution in [3.05, 3.63) is 35.4 Å². The highest BCUT2D eigenvalue weighted by molar-refractivity contribution is 14.0. The summed E-state index contributed by atoms with van der Waals surface area (Å²) in [5.74, 6) is 0.986. The third-order valence-corrected chi connectivity index (χ3v) is 5.36. The predicted octanol–water partition coefficient (Wildman–Crippen LogP) is 2.68. The fourth-order valence-corrected chi connectivity index (χ4v) is 3.71. The van der Waals surface area contributed by atoms with Crippen molar-refractivity contribution in [2.24, 2.45) is 4.99 Å². The molecule has 0 saturated carbocycles. The van der Waals surface area contributed by atoms with Crippen molar-refractivity contribution in [2.45, 2.75) is 51.3 Å². The summed E-state index contributed by atoms with van der Waals surface area (Å²) in [5, 5.41) is 6.56. The minimum absolute atomic E-state index is 0. The molecule has 1 fully saturated rings. The minimum atomic E-state index is 0. The van der Waals surface area contributed by atoms with Crippen LogP contribution in [0.4, 0.5) is 0 Å². The first-order valence-corrected chi connectivity index (χ1v) is 10.7. The van der Waals surface area contributed by atoms with Crippen LogP contribution in [-0.2, 0) is 27.4 Å². The number of amides is 1. The molecule has 1 amide bonds. The van der Waals surface area contributed by atoms with Gasteiger partial charge in [0.1, 0.15) is 0 Å². The molecule has 1 unspecified atom stereocenters. The molecule has 0 aromatic heterocycles. The number of rotatable bonds is 10. The normalized spacial score (nSPS) is 18.1. The Morgan fingerprint density at radius 1 is 1.20 bits per heavy atom. The summed E-state index contributed by atoms with van der Waals surface area (Å²) in [7, 11) is 1.76. The zero-order chi connectivity index (χ0) is 20.3. The summed E-state index contributed by atoms with van der Waals surface area (Å²) in [4.78, 5) is 18.6.